The topological polar surface area (TPSA) is 21.3 Å². The van der Waals surface area contributed by atoms with E-state index in [1.807, 2.05) is 0 Å². The lowest BCUT2D eigenvalue weighted by molar-refractivity contribution is 0.242. The Balaban J connectivity index is 2.00. The van der Waals surface area contributed by atoms with Crippen LogP contribution in [0.5, 0.6) is 5.75 Å². The van der Waals surface area contributed by atoms with Crippen molar-refractivity contribution in [3.05, 3.63) is 29.8 Å². The molecule has 0 radical (unpaired) electrons. The summed E-state index contributed by atoms with van der Waals surface area (Å²) in [7, 11) is 2.08. The normalized spacial score (nSPS) is 24.2. The number of hydrogen-bond acceptors (Lipinski definition) is 2. The maximum absolute atomic E-state index is 5.69. The molecule has 0 amide bonds. The minimum atomic E-state index is 0.249. The molecule has 0 heterocycles. The molecule has 1 aliphatic carbocycles. The van der Waals surface area contributed by atoms with Gasteiger partial charge in [0, 0.05) is 6.04 Å². The zero-order valence-electron chi connectivity index (χ0n) is 11.8. The lowest BCUT2D eigenvalue weighted by atomic mass is 9.81. The second-order valence-electron chi connectivity index (χ2n) is 5.58. The Kier molecular flexibility index (Phi) is 4.65. The van der Waals surface area contributed by atoms with Gasteiger partial charge in [-0.15, -0.1) is 0 Å². The summed E-state index contributed by atoms with van der Waals surface area (Å²) in [6.45, 7) is 4.12. The van der Waals surface area contributed by atoms with Crippen molar-refractivity contribution in [2.45, 2.75) is 57.6 Å². The van der Waals surface area contributed by atoms with Gasteiger partial charge in [0.15, 0.2) is 0 Å². The number of hydrogen-bond donors (Lipinski definition) is 1. The monoisotopic (exact) mass is 247 g/mol. The van der Waals surface area contributed by atoms with Crippen LogP contribution >= 0.6 is 0 Å². The third-order valence-corrected chi connectivity index (χ3v) is 3.81. The summed E-state index contributed by atoms with van der Waals surface area (Å²) in [6.07, 6.45) is 5.49. The van der Waals surface area contributed by atoms with Crippen LogP contribution in [0.4, 0.5) is 0 Å². The van der Waals surface area contributed by atoms with Crippen LogP contribution in [0.2, 0.25) is 0 Å². The Labute approximate surface area is 111 Å². The molecule has 2 unspecified atom stereocenters. The van der Waals surface area contributed by atoms with E-state index in [0.717, 1.165) is 5.75 Å². The van der Waals surface area contributed by atoms with Gasteiger partial charge in [0.05, 0.1) is 6.10 Å². The minimum absolute atomic E-state index is 0.249. The Morgan fingerprint density at radius 1 is 1.17 bits per heavy atom. The fourth-order valence-electron chi connectivity index (χ4n) is 2.85. The van der Waals surface area contributed by atoms with E-state index < -0.39 is 0 Å². The molecule has 18 heavy (non-hydrogen) atoms. The largest absolute Gasteiger partial charge is 0.491 e. The summed E-state index contributed by atoms with van der Waals surface area (Å²) in [5.41, 5.74) is 1.46. The van der Waals surface area contributed by atoms with Crippen LogP contribution in [-0.4, -0.2) is 19.2 Å². The highest BCUT2D eigenvalue weighted by molar-refractivity contribution is 5.30. The van der Waals surface area contributed by atoms with Crippen molar-refractivity contribution in [2.24, 2.45) is 0 Å². The van der Waals surface area contributed by atoms with Crippen molar-refractivity contribution < 1.29 is 4.74 Å². The first-order chi connectivity index (χ1) is 8.69. The van der Waals surface area contributed by atoms with E-state index in [2.05, 4.69) is 50.5 Å². The van der Waals surface area contributed by atoms with Crippen molar-refractivity contribution in [3.63, 3.8) is 0 Å². The number of ether oxygens (including phenoxy) is 1. The molecule has 1 N–H and O–H groups in total. The summed E-state index contributed by atoms with van der Waals surface area (Å²) in [5.74, 6) is 1.69. The molecule has 2 heteroatoms. The highest BCUT2D eigenvalue weighted by atomic mass is 16.5. The Hall–Kier alpha value is -1.02. The van der Waals surface area contributed by atoms with Crippen LogP contribution < -0.4 is 10.1 Å². The molecule has 1 aliphatic rings. The number of nitrogens with one attached hydrogen (secondary N) is 1. The van der Waals surface area contributed by atoms with Gasteiger partial charge < -0.3 is 10.1 Å². The fourth-order valence-corrected chi connectivity index (χ4v) is 2.85. The zero-order chi connectivity index (χ0) is 13.0. The molecule has 0 spiro atoms. The van der Waals surface area contributed by atoms with E-state index >= 15 is 0 Å². The summed E-state index contributed by atoms with van der Waals surface area (Å²) in [6, 6.07) is 9.38. The molecule has 2 rings (SSSR count). The van der Waals surface area contributed by atoms with Gasteiger partial charge in [-0.3, -0.25) is 0 Å². The molecule has 2 atom stereocenters. The second kappa shape index (κ2) is 6.24. The van der Waals surface area contributed by atoms with Gasteiger partial charge in [-0.2, -0.15) is 0 Å². The van der Waals surface area contributed by atoms with Gasteiger partial charge in [-0.25, -0.2) is 0 Å². The Bertz CT molecular complexity index is 358. The molecule has 0 saturated heterocycles. The SMILES string of the molecule is CNC1CCCC(c2ccc(OC(C)C)cc2)C1. The first-order valence-electron chi connectivity index (χ1n) is 7.13. The zero-order valence-corrected chi connectivity index (χ0v) is 11.8. The second-order valence-corrected chi connectivity index (χ2v) is 5.58. The molecule has 0 bridgehead atoms. The van der Waals surface area contributed by atoms with Crippen molar-refractivity contribution >= 4 is 0 Å². The summed E-state index contributed by atoms with van der Waals surface area (Å²) < 4.78 is 5.69. The van der Waals surface area contributed by atoms with Crippen LogP contribution in [0.3, 0.4) is 0 Å². The average Bonchev–Trinajstić information content (AvgIpc) is 2.39. The molecule has 0 aromatic heterocycles. The van der Waals surface area contributed by atoms with E-state index in [1.54, 1.807) is 0 Å². The highest BCUT2D eigenvalue weighted by Crippen LogP contribution is 2.33. The molecule has 1 saturated carbocycles. The molecule has 1 fully saturated rings. The van der Waals surface area contributed by atoms with Crippen LogP contribution in [0.25, 0.3) is 0 Å². The van der Waals surface area contributed by atoms with Crippen LogP contribution in [0.1, 0.15) is 51.0 Å². The fraction of sp³-hybridized carbons (Fsp3) is 0.625. The van der Waals surface area contributed by atoms with Gasteiger partial charge in [-0.05, 0) is 63.8 Å². The number of rotatable bonds is 4. The van der Waals surface area contributed by atoms with E-state index in [9.17, 15) is 0 Å². The Morgan fingerprint density at radius 3 is 2.50 bits per heavy atom. The van der Waals surface area contributed by atoms with Crippen LogP contribution in [0, 0.1) is 0 Å². The lowest BCUT2D eigenvalue weighted by Gasteiger charge is -2.29. The van der Waals surface area contributed by atoms with E-state index in [1.165, 1.54) is 31.2 Å². The van der Waals surface area contributed by atoms with Crippen molar-refractivity contribution in [2.75, 3.05) is 7.05 Å². The quantitative estimate of drug-likeness (QED) is 0.875. The molecule has 1 aromatic carbocycles. The molecular formula is C16H25NO. The van der Waals surface area contributed by atoms with Crippen molar-refractivity contribution in [1.29, 1.82) is 0 Å². The van der Waals surface area contributed by atoms with Gasteiger partial charge in [-0.1, -0.05) is 18.6 Å². The van der Waals surface area contributed by atoms with Gasteiger partial charge in [0.2, 0.25) is 0 Å². The first kappa shape index (κ1) is 13.4. The molecule has 1 aromatic rings. The summed E-state index contributed by atoms with van der Waals surface area (Å²) in [4.78, 5) is 0. The first-order valence-corrected chi connectivity index (χ1v) is 7.13. The van der Waals surface area contributed by atoms with Gasteiger partial charge in [0.25, 0.3) is 0 Å². The predicted octanol–water partition coefficient (Wildman–Crippen LogP) is 3.72. The summed E-state index contributed by atoms with van der Waals surface area (Å²) in [5, 5.41) is 3.42. The maximum atomic E-state index is 5.69. The summed E-state index contributed by atoms with van der Waals surface area (Å²) >= 11 is 0. The molecule has 2 nitrogen and oxygen atoms in total. The Morgan fingerprint density at radius 2 is 1.89 bits per heavy atom. The van der Waals surface area contributed by atoms with Crippen LogP contribution in [0.15, 0.2) is 24.3 Å². The lowest BCUT2D eigenvalue weighted by Crippen LogP contribution is -2.30. The molecule has 0 aliphatic heterocycles. The average molecular weight is 247 g/mol. The minimum Gasteiger partial charge on any atom is -0.491 e. The maximum Gasteiger partial charge on any atom is 0.119 e. The van der Waals surface area contributed by atoms with E-state index in [4.69, 9.17) is 4.74 Å². The predicted molar refractivity (Wildman–Crippen MR) is 76.3 cm³/mol. The van der Waals surface area contributed by atoms with E-state index in [0.29, 0.717) is 12.0 Å². The van der Waals surface area contributed by atoms with Crippen LogP contribution in [-0.2, 0) is 0 Å². The molecule has 100 valence electrons. The molecular weight excluding hydrogens is 222 g/mol. The van der Waals surface area contributed by atoms with Gasteiger partial charge >= 0.3 is 0 Å². The third-order valence-electron chi connectivity index (χ3n) is 3.81. The van der Waals surface area contributed by atoms with Crippen molar-refractivity contribution in [1.82, 2.24) is 5.32 Å². The van der Waals surface area contributed by atoms with Gasteiger partial charge in [0.1, 0.15) is 5.75 Å². The standard InChI is InChI=1S/C16H25NO/c1-12(2)18-16-9-7-13(8-10-16)14-5-4-6-15(11-14)17-3/h7-10,12,14-15,17H,4-6,11H2,1-3H3. The number of benzene rings is 1. The van der Waals surface area contributed by atoms with Crippen molar-refractivity contribution in [3.8, 4) is 5.75 Å². The van der Waals surface area contributed by atoms with E-state index in [-0.39, 0.29) is 6.10 Å². The third kappa shape index (κ3) is 3.49. The smallest absolute Gasteiger partial charge is 0.119 e. The highest BCUT2D eigenvalue weighted by Gasteiger charge is 2.21.